The number of aliphatic hydroxyl groups excluding tert-OH is 1. The van der Waals surface area contributed by atoms with Gasteiger partial charge in [0.2, 0.25) is 0 Å². The van der Waals surface area contributed by atoms with Gasteiger partial charge < -0.3 is 5.11 Å². The quantitative estimate of drug-likeness (QED) is 0.537. The zero-order valence-electron chi connectivity index (χ0n) is 9.83. The molecule has 0 saturated carbocycles. The smallest absolute Gasteiger partial charge is 0.0804 e. The number of hydrogen-bond donors (Lipinski definition) is 1. The number of hydrogen-bond acceptors (Lipinski definition) is 1. The van der Waals surface area contributed by atoms with E-state index in [1.165, 1.54) is 0 Å². The van der Waals surface area contributed by atoms with E-state index in [-0.39, 0.29) is 0 Å². The molecule has 0 aliphatic rings. The van der Waals surface area contributed by atoms with E-state index in [1.807, 2.05) is 6.08 Å². The van der Waals surface area contributed by atoms with Crippen LogP contribution in [0.4, 0.5) is 0 Å². The lowest BCUT2D eigenvalue weighted by Gasteiger charge is -2.12. The molecule has 0 bridgehead atoms. The van der Waals surface area contributed by atoms with Gasteiger partial charge in [0.05, 0.1) is 6.10 Å². The Balaban J connectivity index is 2.41. The largest absolute Gasteiger partial charge is 0.388 e. The number of allylic oxidation sites excluding steroid dienone is 1. The van der Waals surface area contributed by atoms with Crippen molar-refractivity contribution >= 4 is 23.2 Å². The standard InChI is InChI=1S/C14H18Cl2O/c1-2-3-4-5-6-7-14(17)12-9-8-11(15)10-13(12)16/h2,8-10,14,17H,1,3-7H2. The summed E-state index contributed by atoms with van der Waals surface area (Å²) in [5, 5.41) is 11.1. The van der Waals surface area contributed by atoms with Crippen LogP contribution in [0.25, 0.3) is 0 Å². The second-order valence-electron chi connectivity index (χ2n) is 4.11. The summed E-state index contributed by atoms with van der Waals surface area (Å²) >= 11 is 11.8. The van der Waals surface area contributed by atoms with Gasteiger partial charge in [0.25, 0.3) is 0 Å². The van der Waals surface area contributed by atoms with E-state index in [0.717, 1.165) is 37.7 Å². The van der Waals surface area contributed by atoms with Crippen LogP contribution in [-0.4, -0.2) is 5.11 Å². The predicted octanol–water partition coefficient (Wildman–Crippen LogP) is 5.16. The molecule has 3 heteroatoms. The van der Waals surface area contributed by atoms with Gasteiger partial charge in [-0.25, -0.2) is 0 Å². The van der Waals surface area contributed by atoms with Crippen LogP contribution in [0.15, 0.2) is 30.9 Å². The normalized spacial score (nSPS) is 12.4. The molecule has 0 aliphatic carbocycles. The lowest BCUT2D eigenvalue weighted by atomic mass is 10.0. The number of benzene rings is 1. The third-order valence-corrected chi connectivity index (χ3v) is 3.27. The van der Waals surface area contributed by atoms with E-state index in [9.17, 15) is 5.11 Å². The van der Waals surface area contributed by atoms with Crippen molar-refractivity contribution in [3.05, 3.63) is 46.5 Å². The minimum Gasteiger partial charge on any atom is -0.388 e. The van der Waals surface area contributed by atoms with Crippen LogP contribution < -0.4 is 0 Å². The van der Waals surface area contributed by atoms with E-state index in [2.05, 4.69) is 6.58 Å². The Kier molecular flexibility index (Phi) is 6.64. The summed E-state index contributed by atoms with van der Waals surface area (Å²) in [5.74, 6) is 0. The molecule has 1 nitrogen and oxygen atoms in total. The maximum atomic E-state index is 10.0. The third kappa shape index (κ3) is 5.12. The highest BCUT2D eigenvalue weighted by molar-refractivity contribution is 6.35. The first-order valence-corrected chi connectivity index (χ1v) is 6.64. The monoisotopic (exact) mass is 272 g/mol. The van der Waals surface area contributed by atoms with Crippen molar-refractivity contribution < 1.29 is 5.11 Å². The molecule has 1 unspecified atom stereocenters. The molecule has 0 amide bonds. The van der Waals surface area contributed by atoms with Crippen LogP contribution in [0.1, 0.15) is 43.8 Å². The predicted molar refractivity (Wildman–Crippen MR) is 74.7 cm³/mol. The first-order chi connectivity index (χ1) is 8.15. The Morgan fingerprint density at radius 1 is 1.24 bits per heavy atom. The van der Waals surface area contributed by atoms with E-state index >= 15 is 0 Å². The summed E-state index contributed by atoms with van der Waals surface area (Å²) in [6.07, 6.45) is 6.43. The molecule has 0 fully saturated rings. The maximum Gasteiger partial charge on any atom is 0.0804 e. The van der Waals surface area contributed by atoms with Crippen molar-refractivity contribution in [1.29, 1.82) is 0 Å². The van der Waals surface area contributed by atoms with E-state index in [4.69, 9.17) is 23.2 Å². The van der Waals surface area contributed by atoms with E-state index in [0.29, 0.717) is 10.0 Å². The van der Waals surface area contributed by atoms with Gasteiger partial charge in [-0.2, -0.15) is 0 Å². The Bertz CT molecular complexity index is 363. The minimum atomic E-state index is -0.497. The van der Waals surface area contributed by atoms with Crippen molar-refractivity contribution in [3.63, 3.8) is 0 Å². The highest BCUT2D eigenvalue weighted by Gasteiger charge is 2.11. The Morgan fingerprint density at radius 3 is 2.65 bits per heavy atom. The average Bonchev–Trinajstić information content (AvgIpc) is 2.28. The topological polar surface area (TPSA) is 20.2 Å². The molecule has 1 aromatic carbocycles. The fourth-order valence-corrected chi connectivity index (χ4v) is 2.26. The van der Waals surface area contributed by atoms with Gasteiger partial charge in [-0.1, -0.05) is 48.2 Å². The minimum absolute atomic E-state index is 0.497. The summed E-state index contributed by atoms with van der Waals surface area (Å²) in [7, 11) is 0. The van der Waals surface area contributed by atoms with Crippen LogP contribution in [0.3, 0.4) is 0 Å². The average molecular weight is 273 g/mol. The molecule has 0 heterocycles. The van der Waals surface area contributed by atoms with Crippen LogP contribution in [0, 0.1) is 0 Å². The Hall–Kier alpha value is -0.500. The molecule has 0 saturated heterocycles. The van der Waals surface area contributed by atoms with Crippen molar-refractivity contribution in [2.45, 2.75) is 38.2 Å². The summed E-state index contributed by atoms with van der Waals surface area (Å²) in [6.45, 7) is 3.68. The molecule has 1 N–H and O–H groups in total. The highest BCUT2D eigenvalue weighted by atomic mass is 35.5. The lowest BCUT2D eigenvalue weighted by molar-refractivity contribution is 0.163. The molecule has 0 aliphatic heterocycles. The summed E-state index contributed by atoms with van der Waals surface area (Å²) in [6, 6.07) is 5.21. The van der Waals surface area contributed by atoms with Gasteiger partial charge in [-0.05, 0) is 37.0 Å². The second kappa shape index (κ2) is 7.75. The van der Waals surface area contributed by atoms with Crippen molar-refractivity contribution in [3.8, 4) is 0 Å². The van der Waals surface area contributed by atoms with Crippen LogP contribution >= 0.6 is 23.2 Å². The zero-order valence-corrected chi connectivity index (χ0v) is 11.3. The van der Waals surface area contributed by atoms with Gasteiger partial charge in [0.1, 0.15) is 0 Å². The van der Waals surface area contributed by atoms with E-state index in [1.54, 1.807) is 18.2 Å². The highest BCUT2D eigenvalue weighted by Crippen LogP contribution is 2.29. The van der Waals surface area contributed by atoms with Crippen molar-refractivity contribution in [2.75, 3.05) is 0 Å². The molecular weight excluding hydrogens is 255 g/mol. The summed E-state index contributed by atoms with van der Waals surface area (Å²) in [5.41, 5.74) is 0.764. The van der Waals surface area contributed by atoms with Crippen molar-refractivity contribution in [2.24, 2.45) is 0 Å². The molecule has 17 heavy (non-hydrogen) atoms. The van der Waals surface area contributed by atoms with Crippen LogP contribution in [-0.2, 0) is 0 Å². The summed E-state index contributed by atoms with van der Waals surface area (Å²) < 4.78 is 0. The molecule has 0 spiro atoms. The van der Waals surface area contributed by atoms with Gasteiger partial charge in [-0.15, -0.1) is 6.58 Å². The molecular formula is C14H18Cl2O. The second-order valence-corrected chi connectivity index (χ2v) is 4.95. The molecule has 0 aromatic heterocycles. The number of unbranched alkanes of at least 4 members (excludes halogenated alkanes) is 3. The van der Waals surface area contributed by atoms with Gasteiger partial charge in [0.15, 0.2) is 0 Å². The first kappa shape index (κ1) is 14.6. The lowest BCUT2D eigenvalue weighted by Crippen LogP contribution is -1.98. The van der Waals surface area contributed by atoms with Gasteiger partial charge in [0, 0.05) is 10.0 Å². The SMILES string of the molecule is C=CCCCCCC(O)c1ccc(Cl)cc1Cl. The molecule has 94 valence electrons. The zero-order chi connectivity index (χ0) is 12.7. The molecule has 1 rings (SSSR count). The number of rotatable bonds is 7. The molecule has 1 aromatic rings. The number of aliphatic hydroxyl groups is 1. The van der Waals surface area contributed by atoms with Gasteiger partial charge in [-0.3, -0.25) is 0 Å². The fourth-order valence-electron chi connectivity index (χ4n) is 1.73. The van der Waals surface area contributed by atoms with E-state index < -0.39 is 6.10 Å². The number of halogens is 2. The van der Waals surface area contributed by atoms with Crippen LogP contribution in [0.5, 0.6) is 0 Å². The van der Waals surface area contributed by atoms with Crippen molar-refractivity contribution in [1.82, 2.24) is 0 Å². The Labute approximate surface area is 113 Å². The third-order valence-electron chi connectivity index (χ3n) is 2.71. The van der Waals surface area contributed by atoms with Crippen LogP contribution in [0.2, 0.25) is 10.0 Å². The first-order valence-electron chi connectivity index (χ1n) is 5.89. The summed E-state index contributed by atoms with van der Waals surface area (Å²) in [4.78, 5) is 0. The molecule has 0 radical (unpaired) electrons. The Morgan fingerprint density at radius 2 is 2.00 bits per heavy atom. The molecule has 1 atom stereocenters. The van der Waals surface area contributed by atoms with Gasteiger partial charge >= 0.3 is 0 Å². The maximum absolute atomic E-state index is 10.0. The fraction of sp³-hybridized carbons (Fsp3) is 0.429.